The Morgan fingerprint density at radius 3 is 2.18 bits per heavy atom. The number of allylic oxidation sites excluding steroid dienone is 1. The van der Waals surface area contributed by atoms with Crippen LogP contribution in [0.15, 0.2) is 12.3 Å². The number of amides is 1. The minimum absolute atomic E-state index is 0.107. The molecule has 0 radical (unpaired) electrons. The number of rotatable bonds is 12. The second-order valence-corrected chi connectivity index (χ2v) is 8.65. The van der Waals surface area contributed by atoms with Crippen LogP contribution in [0.5, 0.6) is 0 Å². The second-order valence-electron chi connectivity index (χ2n) is 5.09. The van der Waals surface area contributed by atoms with Crippen LogP contribution in [0.2, 0.25) is 0 Å². The zero-order valence-electron chi connectivity index (χ0n) is 12.7. The van der Waals surface area contributed by atoms with Gasteiger partial charge in [-0.15, -0.1) is 0 Å². The molecule has 0 rings (SSSR count). The summed E-state index contributed by atoms with van der Waals surface area (Å²) < 4.78 is 26.7. The second kappa shape index (κ2) is 10.2. The molecule has 0 aliphatic heterocycles. The highest BCUT2D eigenvalue weighted by Crippen LogP contribution is 2.42. The lowest BCUT2D eigenvalue weighted by atomic mass is 10.1. The highest BCUT2D eigenvalue weighted by molar-refractivity contribution is 7.52. The van der Waals surface area contributed by atoms with Crippen molar-refractivity contribution < 1.29 is 33.1 Å². The third kappa shape index (κ3) is 14.3. The maximum Gasteiger partial charge on any atom is 0.395 e. The van der Waals surface area contributed by atoms with Crippen LogP contribution in [-0.4, -0.2) is 33.0 Å². The molecule has 22 heavy (non-hydrogen) atoms. The first-order chi connectivity index (χ1) is 10.0. The summed E-state index contributed by atoms with van der Waals surface area (Å²) in [4.78, 5) is 38.2. The Morgan fingerprint density at radius 1 is 1.09 bits per heavy atom. The number of nitrogens with one attached hydrogen (secondary N) is 1. The lowest BCUT2D eigenvalue weighted by Gasteiger charge is -2.13. The van der Waals surface area contributed by atoms with Gasteiger partial charge in [-0.2, -0.15) is 0 Å². The molecule has 0 aromatic rings. The molecular weight excluding hydrogens is 332 g/mol. The van der Waals surface area contributed by atoms with E-state index < -0.39 is 21.5 Å². The Kier molecular flexibility index (Phi) is 9.89. The fraction of sp³-hybridized carbons (Fsp3) is 0.750. The maximum atomic E-state index is 11.5. The van der Waals surface area contributed by atoms with E-state index >= 15 is 0 Å². The van der Waals surface area contributed by atoms with Crippen molar-refractivity contribution in [3.8, 4) is 0 Å². The van der Waals surface area contributed by atoms with Gasteiger partial charge in [0.25, 0.3) is 0 Å². The summed E-state index contributed by atoms with van der Waals surface area (Å²) in [5, 5.41) is 2.33. The number of carbonyl (C=O) groups excluding carboxylic acids is 1. The number of unbranched alkanes of at least 4 members (excludes halogenated alkanes) is 4. The fourth-order valence-corrected chi connectivity index (χ4v) is 3.25. The summed E-state index contributed by atoms with van der Waals surface area (Å²) in [6, 6.07) is 0. The average Bonchev–Trinajstić information content (AvgIpc) is 2.32. The zero-order chi connectivity index (χ0) is 17.2. The van der Waals surface area contributed by atoms with Gasteiger partial charge in [-0.1, -0.05) is 25.8 Å². The Bertz CT molecular complexity index is 460. The van der Waals surface area contributed by atoms with Crippen LogP contribution in [0.4, 0.5) is 0 Å². The summed E-state index contributed by atoms with van der Waals surface area (Å²) in [7, 11) is -7.78. The number of carbonyl (C=O) groups is 1. The normalized spacial score (nSPS) is 14.2. The number of hydrogen-bond donors (Lipinski definition) is 4. The molecular formula is C12H25NO7P2. The highest BCUT2D eigenvalue weighted by Gasteiger charge is 2.21. The van der Waals surface area contributed by atoms with E-state index in [1.807, 2.05) is 0 Å². The topological polar surface area (TPSA) is 133 Å². The van der Waals surface area contributed by atoms with Gasteiger partial charge in [-0.05, 0) is 19.8 Å². The molecule has 0 spiro atoms. The lowest BCUT2D eigenvalue weighted by Crippen LogP contribution is -2.24. The quantitative estimate of drug-likeness (QED) is 0.239. The van der Waals surface area contributed by atoms with Crippen molar-refractivity contribution in [2.75, 3.05) is 12.4 Å². The standard InChI is InChI=1S/C12H25NO7P2/c1-11(2)20-22(18,19)10-13-12(14)8-6-4-3-5-7-9-21(15,16)17/h1,3-10H2,2H3,(H,13,14)(H,18,19)(H2,15,16,17). The largest absolute Gasteiger partial charge is 0.429 e. The van der Waals surface area contributed by atoms with E-state index in [2.05, 4.69) is 16.4 Å². The molecule has 0 aromatic carbocycles. The van der Waals surface area contributed by atoms with Crippen LogP contribution in [0.1, 0.15) is 45.4 Å². The summed E-state index contributed by atoms with van der Waals surface area (Å²) in [6.07, 6.45) is 2.97. The molecule has 0 aliphatic carbocycles. The maximum absolute atomic E-state index is 11.5. The highest BCUT2D eigenvalue weighted by atomic mass is 31.2. The van der Waals surface area contributed by atoms with Crippen LogP contribution >= 0.6 is 15.2 Å². The Labute approximate surface area is 130 Å². The first-order valence-corrected chi connectivity index (χ1v) is 10.6. The van der Waals surface area contributed by atoms with E-state index in [-0.39, 0.29) is 24.2 Å². The van der Waals surface area contributed by atoms with Crippen molar-refractivity contribution in [2.24, 2.45) is 0 Å². The molecule has 1 atom stereocenters. The first-order valence-electron chi connectivity index (χ1n) is 7.00. The molecule has 4 N–H and O–H groups in total. The van der Waals surface area contributed by atoms with Gasteiger partial charge >= 0.3 is 15.2 Å². The SMILES string of the molecule is C=C(C)OP(=O)(O)CNC(=O)CCCCCCCP(=O)(O)O. The van der Waals surface area contributed by atoms with Gasteiger partial charge in [0.1, 0.15) is 6.29 Å². The van der Waals surface area contributed by atoms with E-state index in [9.17, 15) is 18.8 Å². The van der Waals surface area contributed by atoms with Gasteiger partial charge in [-0.25, -0.2) is 4.57 Å². The van der Waals surface area contributed by atoms with Crippen LogP contribution in [0.25, 0.3) is 0 Å². The molecule has 130 valence electrons. The molecule has 0 aromatic heterocycles. The Morgan fingerprint density at radius 2 is 1.64 bits per heavy atom. The minimum atomic E-state index is -3.90. The molecule has 10 heteroatoms. The summed E-state index contributed by atoms with van der Waals surface area (Å²) in [5.41, 5.74) is 0. The van der Waals surface area contributed by atoms with Crippen molar-refractivity contribution in [1.29, 1.82) is 0 Å². The van der Waals surface area contributed by atoms with E-state index in [4.69, 9.17) is 9.79 Å². The van der Waals surface area contributed by atoms with Crippen LogP contribution in [0, 0.1) is 0 Å². The van der Waals surface area contributed by atoms with Crippen molar-refractivity contribution in [2.45, 2.75) is 45.4 Å². The van der Waals surface area contributed by atoms with Gasteiger partial charge < -0.3 is 24.5 Å². The Hall–Kier alpha value is -0.650. The lowest BCUT2D eigenvalue weighted by molar-refractivity contribution is -0.120. The third-order valence-electron chi connectivity index (χ3n) is 2.63. The zero-order valence-corrected chi connectivity index (χ0v) is 14.5. The van der Waals surface area contributed by atoms with Crippen molar-refractivity contribution in [3.05, 3.63) is 12.3 Å². The molecule has 0 aliphatic rings. The summed E-state index contributed by atoms with van der Waals surface area (Å²) in [5.74, 6) is -0.231. The fourth-order valence-electron chi connectivity index (χ4n) is 1.69. The van der Waals surface area contributed by atoms with Gasteiger partial charge in [-0.3, -0.25) is 9.36 Å². The van der Waals surface area contributed by atoms with Crippen LogP contribution < -0.4 is 5.32 Å². The van der Waals surface area contributed by atoms with Crippen LogP contribution in [-0.2, 0) is 18.4 Å². The van der Waals surface area contributed by atoms with Crippen molar-refractivity contribution >= 4 is 21.1 Å². The average molecular weight is 357 g/mol. The summed E-state index contributed by atoms with van der Waals surface area (Å²) in [6.45, 7) is 4.79. The van der Waals surface area contributed by atoms with E-state index in [1.54, 1.807) is 0 Å². The van der Waals surface area contributed by atoms with Crippen LogP contribution in [0.3, 0.4) is 0 Å². The predicted octanol–water partition coefficient (Wildman–Crippen LogP) is 2.31. The molecule has 0 fully saturated rings. The smallest absolute Gasteiger partial charge is 0.395 e. The Balaban J connectivity index is 3.64. The number of hydrogen-bond acceptors (Lipinski definition) is 4. The minimum Gasteiger partial charge on any atom is -0.429 e. The van der Waals surface area contributed by atoms with Crippen molar-refractivity contribution in [3.63, 3.8) is 0 Å². The van der Waals surface area contributed by atoms with Gasteiger partial charge in [0.2, 0.25) is 5.91 Å². The molecule has 0 saturated carbocycles. The monoisotopic (exact) mass is 357 g/mol. The first kappa shape index (κ1) is 21.4. The van der Waals surface area contributed by atoms with Gasteiger partial charge in [0, 0.05) is 12.6 Å². The molecule has 0 saturated heterocycles. The molecule has 8 nitrogen and oxygen atoms in total. The summed E-state index contributed by atoms with van der Waals surface area (Å²) >= 11 is 0. The molecule has 1 unspecified atom stereocenters. The van der Waals surface area contributed by atoms with Gasteiger partial charge in [0.05, 0.1) is 5.76 Å². The third-order valence-corrected chi connectivity index (χ3v) is 4.68. The molecule has 1 amide bonds. The van der Waals surface area contributed by atoms with E-state index in [0.717, 1.165) is 12.8 Å². The van der Waals surface area contributed by atoms with E-state index in [1.165, 1.54) is 6.92 Å². The molecule has 0 heterocycles. The van der Waals surface area contributed by atoms with Gasteiger partial charge in [0.15, 0.2) is 0 Å². The molecule has 0 bridgehead atoms. The van der Waals surface area contributed by atoms with Crippen molar-refractivity contribution in [1.82, 2.24) is 5.32 Å². The van der Waals surface area contributed by atoms with E-state index in [0.29, 0.717) is 19.3 Å². The predicted molar refractivity (Wildman–Crippen MR) is 83.3 cm³/mol.